The minimum atomic E-state index is -0.310. The van der Waals surface area contributed by atoms with E-state index in [1.165, 1.54) is 5.56 Å². The molecule has 5 nitrogen and oxygen atoms in total. The van der Waals surface area contributed by atoms with Crippen LogP contribution in [0, 0.1) is 5.92 Å². The second-order valence-corrected chi connectivity index (χ2v) is 7.10. The Morgan fingerprint density at radius 3 is 2.28 bits per heavy atom. The number of rotatable bonds is 7. The third kappa shape index (κ3) is 7.28. The molecule has 7 heteroatoms. The molecule has 2 atom stereocenters. The van der Waals surface area contributed by atoms with Crippen LogP contribution in [0.15, 0.2) is 54.6 Å². The summed E-state index contributed by atoms with van der Waals surface area (Å²) in [6, 6.07) is 17.7. The molecule has 0 bridgehead atoms. The van der Waals surface area contributed by atoms with Crippen molar-refractivity contribution in [3.63, 3.8) is 0 Å². The van der Waals surface area contributed by atoms with Gasteiger partial charge in [0.15, 0.2) is 0 Å². The van der Waals surface area contributed by atoms with Gasteiger partial charge in [0.1, 0.15) is 0 Å². The van der Waals surface area contributed by atoms with E-state index < -0.39 is 0 Å². The highest BCUT2D eigenvalue weighted by atomic mass is 35.5. The fourth-order valence-corrected chi connectivity index (χ4v) is 3.35. The average Bonchev–Trinajstić information content (AvgIpc) is 2.73. The predicted molar refractivity (Wildman–Crippen MR) is 121 cm³/mol. The lowest BCUT2D eigenvalue weighted by molar-refractivity contribution is -0.125. The minimum Gasteiger partial charge on any atom is -0.379 e. The Morgan fingerprint density at radius 1 is 1.03 bits per heavy atom. The van der Waals surface area contributed by atoms with E-state index in [0.29, 0.717) is 6.54 Å². The van der Waals surface area contributed by atoms with Gasteiger partial charge in [-0.3, -0.25) is 9.69 Å². The fraction of sp³-hybridized carbons (Fsp3) is 0.409. The van der Waals surface area contributed by atoms with Crippen LogP contribution in [0.5, 0.6) is 0 Å². The van der Waals surface area contributed by atoms with Crippen LogP contribution in [-0.2, 0) is 22.6 Å². The Hall–Kier alpha value is -1.63. The van der Waals surface area contributed by atoms with Gasteiger partial charge in [-0.1, -0.05) is 61.5 Å². The van der Waals surface area contributed by atoms with Crippen molar-refractivity contribution in [2.75, 3.05) is 26.3 Å². The molecule has 0 aromatic heterocycles. The van der Waals surface area contributed by atoms with E-state index in [1.807, 2.05) is 43.3 Å². The number of hydrogen-bond donors (Lipinski definition) is 2. The second-order valence-electron chi connectivity index (χ2n) is 7.10. The molecule has 2 unspecified atom stereocenters. The molecule has 1 aliphatic heterocycles. The normalized spacial score (nSPS) is 16.1. The maximum atomic E-state index is 12.6. The molecule has 3 rings (SSSR count). The predicted octanol–water partition coefficient (Wildman–Crippen LogP) is 3.31. The Bertz CT molecular complexity index is 740. The van der Waals surface area contributed by atoms with Crippen LogP contribution >= 0.6 is 24.8 Å². The lowest BCUT2D eigenvalue weighted by Crippen LogP contribution is -2.37. The van der Waals surface area contributed by atoms with Gasteiger partial charge >= 0.3 is 0 Å². The van der Waals surface area contributed by atoms with Crippen LogP contribution in [0.25, 0.3) is 0 Å². The number of nitrogens with zero attached hydrogens (tertiary/aromatic N) is 1. The summed E-state index contributed by atoms with van der Waals surface area (Å²) in [6.45, 7) is 6.75. The lowest BCUT2D eigenvalue weighted by Gasteiger charge is -2.27. The van der Waals surface area contributed by atoms with E-state index in [-0.39, 0.29) is 42.7 Å². The van der Waals surface area contributed by atoms with Gasteiger partial charge in [0.2, 0.25) is 5.91 Å². The van der Waals surface area contributed by atoms with Crippen LogP contribution < -0.4 is 11.1 Å². The molecule has 0 spiro atoms. The molecule has 1 saturated heterocycles. The van der Waals surface area contributed by atoms with Gasteiger partial charge in [0.25, 0.3) is 0 Å². The van der Waals surface area contributed by atoms with Crippen molar-refractivity contribution in [1.82, 2.24) is 10.2 Å². The Labute approximate surface area is 185 Å². The molecule has 1 heterocycles. The monoisotopic (exact) mass is 439 g/mol. The van der Waals surface area contributed by atoms with E-state index >= 15 is 0 Å². The van der Waals surface area contributed by atoms with E-state index in [9.17, 15) is 4.79 Å². The molecule has 0 radical (unpaired) electrons. The largest absolute Gasteiger partial charge is 0.379 e. The number of carbonyl (C=O) groups excluding carboxylic acids is 1. The van der Waals surface area contributed by atoms with Gasteiger partial charge in [0, 0.05) is 32.2 Å². The summed E-state index contributed by atoms with van der Waals surface area (Å²) in [5.41, 5.74) is 9.66. The lowest BCUT2D eigenvalue weighted by atomic mass is 9.94. The highest BCUT2D eigenvalue weighted by molar-refractivity contribution is 5.85. The standard InChI is InChI=1S/C22H29N3O2.2ClH/c1-17(21(23)18-7-3-2-4-8-18)22(26)24-15-19-9-5-6-10-20(19)16-25-11-13-27-14-12-25;;/h2-10,17,21H,11-16,23H2,1H3,(H,24,26);2*1H. The first-order valence-electron chi connectivity index (χ1n) is 9.60. The molecule has 1 aliphatic rings. The summed E-state index contributed by atoms with van der Waals surface area (Å²) in [7, 11) is 0. The Morgan fingerprint density at radius 2 is 1.62 bits per heavy atom. The average molecular weight is 440 g/mol. The molecule has 1 fully saturated rings. The van der Waals surface area contributed by atoms with Crippen molar-refractivity contribution in [3.8, 4) is 0 Å². The number of ether oxygens (including phenoxy) is 1. The third-order valence-electron chi connectivity index (χ3n) is 5.21. The molecule has 160 valence electrons. The van der Waals surface area contributed by atoms with E-state index in [2.05, 4.69) is 28.4 Å². The molecule has 0 saturated carbocycles. The molecule has 1 amide bonds. The fourth-order valence-electron chi connectivity index (χ4n) is 3.35. The Kier molecular flexibility index (Phi) is 11.2. The summed E-state index contributed by atoms with van der Waals surface area (Å²) < 4.78 is 5.42. The molecule has 2 aromatic rings. The van der Waals surface area contributed by atoms with E-state index in [4.69, 9.17) is 10.5 Å². The van der Waals surface area contributed by atoms with Crippen molar-refractivity contribution < 1.29 is 9.53 Å². The van der Waals surface area contributed by atoms with Gasteiger partial charge in [-0.25, -0.2) is 0 Å². The smallest absolute Gasteiger partial charge is 0.225 e. The molecule has 3 N–H and O–H groups in total. The molecular weight excluding hydrogens is 409 g/mol. The number of morpholine rings is 1. The van der Waals surface area contributed by atoms with Gasteiger partial charge in [-0.15, -0.1) is 24.8 Å². The van der Waals surface area contributed by atoms with Gasteiger partial charge in [-0.2, -0.15) is 0 Å². The number of nitrogens with two attached hydrogens (primary N) is 1. The zero-order valence-corrected chi connectivity index (χ0v) is 18.4. The van der Waals surface area contributed by atoms with E-state index in [1.54, 1.807) is 0 Å². The topological polar surface area (TPSA) is 67.6 Å². The first kappa shape index (κ1) is 25.4. The minimum absolute atomic E-state index is 0. The first-order chi connectivity index (χ1) is 13.1. The van der Waals surface area contributed by atoms with Gasteiger partial charge < -0.3 is 15.8 Å². The molecular formula is C22H31Cl2N3O2. The summed E-state index contributed by atoms with van der Waals surface area (Å²) in [5, 5.41) is 3.06. The Balaban J connectivity index is 0.00000210. The van der Waals surface area contributed by atoms with Crippen LogP contribution in [0.4, 0.5) is 0 Å². The van der Waals surface area contributed by atoms with E-state index in [0.717, 1.165) is 44.0 Å². The van der Waals surface area contributed by atoms with Crippen LogP contribution in [0.1, 0.15) is 29.7 Å². The number of benzene rings is 2. The molecule has 29 heavy (non-hydrogen) atoms. The maximum Gasteiger partial charge on any atom is 0.225 e. The summed E-state index contributed by atoms with van der Waals surface area (Å²) in [4.78, 5) is 15.0. The van der Waals surface area contributed by atoms with Crippen LogP contribution in [-0.4, -0.2) is 37.1 Å². The van der Waals surface area contributed by atoms with Crippen molar-refractivity contribution in [2.45, 2.75) is 26.1 Å². The summed E-state index contributed by atoms with van der Waals surface area (Å²) in [6.07, 6.45) is 0. The van der Waals surface area contributed by atoms with Crippen molar-refractivity contribution in [2.24, 2.45) is 11.7 Å². The maximum absolute atomic E-state index is 12.6. The molecule has 0 aliphatic carbocycles. The second kappa shape index (κ2) is 12.8. The van der Waals surface area contributed by atoms with Crippen LogP contribution in [0.2, 0.25) is 0 Å². The number of halogens is 2. The zero-order valence-electron chi connectivity index (χ0n) is 16.8. The first-order valence-corrected chi connectivity index (χ1v) is 9.60. The number of carbonyl (C=O) groups is 1. The summed E-state index contributed by atoms with van der Waals surface area (Å²) in [5.74, 6) is -0.314. The van der Waals surface area contributed by atoms with Crippen molar-refractivity contribution >= 4 is 30.7 Å². The van der Waals surface area contributed by atoms with Gasteiger partial charge in [0.05, 0.1) is 19.1 Å². The van der Waals surface area contributed by atoms with Crippen LogP contribution in [0.3, 0.4) is 0 Å². The molecule has 2 aromatic carbocycles. The summed E-state index contributed by atoms with van der Waals surface area (Å²) >= 11 is 0. The number of amides is 1. The third-order valence-corrected chi connectivity index (χ3v) is 5.21. The quantitative estimate of drug-likeness (QED) is 0.693. The number of hydrogen-bond acceptors (Lipinski definition) is 4. The highest BCUT2D eigenvalue weighted by Crippen LogP contribution is 2.19. The number of nitrogens with one attached hydrogen (secondary N) is 1. The highest BCUT2D eigenvalue weighted by Gasteiger charge is 2.22. The zero-order chi connectivity index (χ0) is 19.1. The van der Waals surface area contributed by atoms with Crippen molar-refractivity contribution in [3.05, 3.63) is 71.3 Å². The van der Waals surface area contributed by atoms with Gasteiger partial charge in [-0.05, 0) is 16.7 Å². The SMILES string of the molecule is CC(C(=O)NCc1ccccc1CN1CCOCC1)C(N)c1ccccc1.Cl.Cl. The van der Waals surface area contributed by atoms with Crippen molar-refractivity contribution in [1.29, 1.82) is 0 Å².